The number of pyridine rings is 2. The molecule has 0 bridgehead atoms. The standard InChI is InChI=1S/C31H29FN6/c1-3-20(19-38-15-5-6-16-38)17-21(4-2)26-11-12-27-29(34-26)30(37-36-27)28-18-25-24(13-14-33-31(25)35-28)22-7-9-23(32)10-8-22/h3-4,7-14,17-18H,1,5-6,15-16,19H2,2H3,(H,33,35)(H,36,37)/b20-17+,21-4+. The first-order valence-corrected chi connectivity index (χ1v) is 12.9. The van der Waals surface area contributed by atoms with Gasteiger partial charge in [0, 0.05) is 18.1 Å². The van der Waals surface area contributed by atoms with Crippen LogP contribution in [0.3, 0.4) is 0 Å². The number of aromatic nitrogens is 5. The van der Waals surface area contributed by atoms with Crippen molar-refractivity contribution in [1.82, 2.24) is 30.0 Å². The summed E-state index contributed by atoms with van der Waals surface area (Å²) in [5.74, 6) is -0.259. The fourth-order valence-electron chi connectivity index (χ4n) is 5.16. The molecule has 1 saturated heterocycles. The highest BCUT2D eigenvalue weighted by Crippen LogP contribution is 2.33. The first kappa shape index (κ1) is 24.0. The smallest absolute Gasteiger partial charge is 0.138 e. The molecular formula is C31H29FN6. The van der Waals surface area contributed by atoms with E-state index in [0.29, 0.717) is 0 Å². The van der Waals surface area contributed by atoms with E-state index < -0.39 is 0 Å². The molecule has 0 atom stereocenters. The molecule has 0 unspecified atom stereocenters. The molecule has 2 N–H and O–H groups in total. The molecule has 6 rings (SSSR count). The summed E-state index contributed by atoms with van der Waals surface area (Å²) in [4.78, 5) is 15.4. The SMILES string of the molecule is C=C/C(=C\C(=C/C)c1ccc2[nH]nc(-c3cc4c(-c5ccc(F)cc5)ccnc4[nH]3)c2n1)CN1CCCC1. The number of nitrogens with one attached hydrogen (secondary N) is 2. The Balaban J connectivity index is 1.38. The number of allylic oxidation sites excluding steroid dienone is 3. The summed E-state index contributed by atoms with van der Waals surface area (Å²) in [5, 5.41) is 8.65. The lowest BCUT2D eigenvalue weighted by Gasteiger charge is -2.15. The zero-order chi connectivity index (χ0) is 26.1. The van der Waals surface area contributed by atoms with Gasteiger partial charge in [-0.3, -0.25) is 10.00 Å². The molecule has 1 aliphatic heterocycles. The first-order valence-electron chi connectivity index (χ1n) is 12.9. The minimum atomic E-state index is -0.259. The zero-order valence-electron chi connectivity index (χ0n) is 21.3. The van der Waals surface area contributed by atoms with Crippen molar-refractivity contribution in [2.45, 2.75) is 19.8 Å². The Morgan fingerprint density at radius 2 is 1.92 bits per heavy atom. The largest absolute Gasteiger partial charge is 0.338 e. The monoisotopic (exact) mass is 504 g/mol. The lowest BCUT2D eigenvalue weighted by molar-refractivity contribution is 0.371. The maximum absolute atomic E-state index is 13.5. The molecule has 0 spiro atoms. The highest BCUT2D eigenvalue weighted by atomic mass is 19.1. The van der Waals surface area contributed by atoms with E-state index in [-0.39, 0.29) is 5.82 Å². The number of aromatic amines is 2. The van der Waals surface area contributed by atoms with Crippen molar-refractivity contribution in [2.75, 3.05) is 19.6 Å². The van der Waals surface area contributed by atoms with Crippen molar-refractivity contribution in [3.05, 3.63) is 96.6 Å². The zero-order valence-corrected chi connectivity index (χ0v) is 21.3. The van der Waals surface area contributed by atoms with Crippen molar-refractivity contribution in [1.29, 1.82) is 0 Å². The second-order valence-electron chi connectivity index (χ2n) is 9.63. The van der Waals surface area contributed by atoms with Gasteiger partial charge in [-0.2, -0.15) is 5.10 Å². The van der Waals surface area contributed by atoms with Gasteiger partial charge >= 0.3 is 0 Å². The van der Waals surface area contributed by atoms with Crippen LogP contribution in [0.1, 0.15) is 25.5 Å². The molecule has 0 aliphatic carbocycles. The Labute approximate surface area is 220 Å². The summed E-state index contributed by atoms with van der Waals surface area (Å²) in [6.45, 7) is 9.26. The third kappa shape index (κ3) is 4.57. The van der Waals surface area contributed by atoms with Crippen LogP contribution in [0.25, 0.3) is 50.2 Å². The lowest BCUT2D eigenvalue weighted by atomic mass is 10.0. The number of hydrogen-bond donors (Lipinski definition) is 2. The third-order valence-electron chi connectivity index (χ3n) is 7.16. The molecule has 5 heterocycles. The highest BCUT2D eigenvalue weighted by Gasteiger charge is 2.17. The molecule has 190 valence electrons. The van der Waals surface area contributed by atoms with Crippen molar-refractivity contribution >= 4 is 27.6 Å². The van der Waals surface area contributed by atoms with Crippen LogP contribution in [0.4, 0.5) is 4.39 Å². The minimum Gasteiger partial charge on any atom is -0.338 e. The highest BCUT2D eigenvalue weighted by molar-refractivity contribution is 5.99. The number of H-pyrrole nitrogens is 2. The van der Waals surface area contributed by atoms with Crippen molar-refractivity contribution in [2.24, 2.45) is 0 Å². The van der Waals surface area contributed by atoms with Crippen LogP contribution in [0.15, 0.2) is 85.1 Å². The van der Waals surface area contributed by atoms with Crippen molar-refractivity contribution in [3.8, 4) is 22.5 Å². The van der Waals surface area contributed by atoms with E-state index in [0.717, 1.165) is 75.5 Å². The molecule has 5 aromatic rings. The van der Waals surface area contributed by atoms with Gasteiger partial charge in [-0.05, 0) is 97.6 Å². The molecule has 38 heavy (non-hydrogen) atoms. The summed E-state index contributed by atoms with van der Waals surface area (Å²) < 4.78 is 13.5. The quantitative estimate of drug-likeness (QED) is 0.236. The second kappa shape index (κ2) is 10.2. The maximum Gasteiger partial charge on any atom is 0.138 e. The van der Waals surface area contributed by atoms with Gasteiger partial charge in [-0.1, -0.05) is 30.9 Å². The first-order chi connectivity index (χ1) is 18.6. The third-order valence-corrected chi connectivity index (χ3v) is 7.16. The molecule has 4 aromatic heterocycles. The number of nitrogens with zero attached hydrogens (tertiary/aromatic N) is 4. The van der Waals surface area contributed by atoms with E-state index in [2.05, 4.69) is 43.8 Å². The normalized spacial score (nSPS) is 15.1. The molecule has 0 radical (unpaired) electrons. The Morgan fingerprint density at radius 3 is 2.68 bits per heavy atom. The molecule has 1 aliphatic rings. The van der Waals surface area contributed by atoms with E-state index in [1.165, 1.54) is 30.5 Å². The van der Waals surface area contributed by atoms with Gasteiger partial charge in [-0.25, -0.2) is 14.4 Å². The number of rotatable bonds is 7. The van der Waals surface area contributed by atoms with Crippen LogP contribution in [-0.2, 0) is 0 Å². The van der Waals surface area contributed by atoms with Gasteiger partial charge in [0.1, 0.15) is 22.7 Å². The van der Waals surface area contributed by atoms with Crippen molar-refractivity contribution in [3.63, 3.8) is 0 Å². The van der Waals surface area contributed by atoms with Gasteiger partial charge in [0.15, 0.2) is 0 Å². The predicted molar refractivity (Wildman–Crippen MR) is 152 cm³/mol. The Bertz CT molecular complexity index is 1680. The van der Waals surface area contributed by atoms with Crippen LogP contribution in [0.2, 0.25) is 0 Å². The maximum atomic E-state index is 13.5. The lowest BCUT2D eigenvalue weighted by Crippen LogP contribution is -2.21. The molecular weight excluding hydrogens is 475 g/mol. The Kier molecular flexibility index (Phi) is 6.43. The van der Waals surface area contributed by atoms with E-state index in [9.17, 15) is 4.39 Å². The molecule has 1 fully saturated rings. The summed E-state index contributed by atoms with van der Waals surface area (Å²) in [7, 11) is 0. The van der Waals surface area contributed by atoms with E-state index in [4.69, 9.17) is 4.98 Å². The topological polar surface area (TPSA) is 73.5 Å². The Hall–Kier alpha value is -4.36. The second-order valence-corrected chi connectivity index (χ2v) is 9.63. The van der Waals surface area contributed by atoms with Crippen molar-refractivity contribution < 1.29 is 4.39 Å². The molecule has 0 saturated carbocycles. The summed E-state index contributed by atoms with van der Waals surface area (Å²) in [6.07, 6.45) is 10.5. The van der Waals surface area contributed by atoms with Crippen LogP contribution in [0, 0.1) is 5.82 Å². The summed E-state index contributed by atoms with van der Waals surface area (Å²) in [6, 6.07) is 14.5. The van der Waals surface area contributed by atoms with Gasteiger partial charge < -0.3 is 4.98 Å². The fourth-order valence-corrected chi connectivity index (χ4v) is 5.16. The summed E-state index contributed by atoms with van der Waals surface area (Å²) in [5.41, 5.74) is 8.93. The van der Waals surface area contributed by atoms with Gasteiger partial charge in [0.05, 0.1) is 16.9 Å². The van der Waals surface area contributed by atoms with Crippen LogP contribution >= 0.6 is 0 Å². The molecule has 1 aromatic carbocycles. The van der Waals surface area contributed by atoms with Crippen LogP contribution < -0.4 is 0 Å². The van der Waals surface area contributed by atoms with E-state index in [1.54, 1.807) is 18.3 Å². The Morgan fingerprint density at radius 1 is 1.11 bits per heavy atom. The fraction of sp³-hybridized carbons (Fsp3) is 0.194. The average molecular weight is 505 g/mol. The van der Waals surface area contributed by atoms with E-state index in [1.807, 2.05) is 37.3 Å². The van der Waals surface area contributed by atoms with Crippen LogP contribution in [0.5, 0.6) is 0 Å². The number of benzene rings is 1. The molecule has 7 heteroatoms. The van der Waals surface area contributed by atoms with Gasteiger partial charge in [0.25, 0.3) is 0 Å². The van der Waals surface area contributed by atoms with Crippen LogP contribution in [-0.4, -0.2) is 49.7 Å². The number of halogens is 1. The van der Waals surface area contributed by atoms with E-state index >= 15 is 0 Å². The number of fused-ring (bicyclic) bond motifs is 2. The number of likely N-dealkylation sites (tertiary alicyclic amines) is 1. The average Bonchev–Trinajstić information content (AvgIpc) is 3.70. The predicted octanol–water partition coefficient (Wildman–Crippen LogP) is 6.92. The molecule has 0 amide bonds. The molecule has 6 nitrogen and oxygen atoms in total. The summed E-state index contributed by atoms with van der Waals surface area (Å²) >= 11 is 0. The van der Waals surface area contributed by atoms with Gasteiger partial charge in [0.2, 0.25) is 0 Å². The minimum absolute atomic E-state index is 0.259. The number of hydrogen-bond acceptors (Lipinski definition) is 4. The van der Waals surface area contributed by atoms with Gasteiger partial charge in [-0.15, -0.1) is 0 Å².